The van der Waals surface area contributed by atoms with Gasteiger partial charge < -0.3 is 4.90 Å². The molecule has 0 radical (unpaired) electrons. The van der Waals surface area contributed by atoms with Gasteiger partial charge in [0.1, 0.15) is 0 Å². The zero-order valence-electron chi connectivity index (χ0n) is 10.9. The van der Waals surface area contributed by atoms with Crippen molar-refractivity contribution in [3.63, 3.8) is 0 Å². The van der Waals surface area contributed by atoms with Gasteiger partial charge in [-0.15, -0.1) is 0 Å². The maximum Gasteiger partial charge on any atom is 0.254 e. The van der Waals surface area contributed by atoms with E-state index in [4.69, 9.17) is 0 Å². The molecule has 1 amide bonds. The van der Waals surface area contributed by atoms with Gasteiger partial charge in [0, 0.05) is 17.6 Å². The van der Waals surface area contributed by atoms with E-state index in [9.17, 15) is 4.79 Å². The number of hydrogen-bond acceptors (Lipinski definition) is 1. The third kappa shape index (κ3) is 2.68. The first-order chi connectivity index (χ1) is 8.11. The van der Waals surface area contributed by atoms with Gasteiger partial charge in [0.05, 0.1) is 0 Å². The van der Waals surface area contributed by atoms with Gasteiger partial charge in [-0.25, -0.2) is 0 Å². The molecule has 1 aliphatic rings. The number of amides is 1. The molecule has 92 valence electrons. The molecule has 0 bridgehead atoms. The van der Waals surface area contributed by atoms with Crippen LogP contribution in [0.5, 0.6) is 0 Å². The molecule has 17 heavy (non-hydrogen) atoms. The smallest absolute Gasteiger partial charge is 0.254 e. The first-order valence-corrected chi connectivity index (χ1v) is 6.49. The normalized spacial score (nSPS) is 16.9. The number of carbonyl (C=O) groups excluding carboxylic acids is 1. The number of rotatable bonds is 4. The summed E-state index contributed by atoms with van der Waals surface area (Å²) in [5.41, 5.74) is 0.812. The van der Waals surface area contributed by atoms with E-state index in [-0.39, 0.29) is 5.91 Å². The molecule has 1 aromatic rings. The molecule has 1 unspecified atom stereocenters. The van der Waals surface area contributed by atoms with E-state index < -0.39 is 0 Å². The number of hydrogen-bond donors (Lipinski definition) is 0. The van der Waals surface area contributed by atoms with Crippen LogP contribution in [0, 0.1) is 5.92 Å². The van der Waals surface area contributed by atoms with Gasteiger partial charge in [0.25, 0.3) is 5.91 Å². The minimum atomic E-state index is 0.189. The average Bonchev–Trinajstić information content (AvgIpc) is 3.14. The van der Waals surface area contributed by atoms with Crippen molar-refractivity contribution in [2.75, 3.05) is 0 Å². The Labute approximate surface area is 104 Å². The topological polar surface area (TPSA) is 20.3 Å². The van der Waals surface area contributed by atoms with E-state index in [1.807, 2.05) is 30.3 Å². The van der Waals surface area contributed by atoms with Gasteiger partial charge >= 0.3 is 0 Å². The molecular formula is C15H21NO. The summed E-state index contributed by atoms with van der Waals surface area (Å²) in [6, 6.07) is 10.4. The molecule has 0 N–H and O–H groups in total. The molecule has 0 spiro atoms. The van der Waals surface area contributed by atoms with E-state index in [0.717, 1.165) is 18.4 Å². The molecule has 0 aromatic heterocycles. The highest BCUT2D eigenvalue weighted by molar-refractivity contribution is 5.94. The summed E-state index contributed by atoms with van der Waals surface area (Å²) in [5, 5.41) is 0. The van der Waals surface area contributed by atoms with Gasteiger partial charge in [-0.2, -0.15) is 0 Å². The Hall–Kier alpha value is -1.31. The van der Waals surface area contributed by atoms with Gasteiger partial charge in [-0.1, -0.05) is 32.0 Å². The fourth-order valence-electron chi connectivity index (χ4n) is 2.09. The Bertz CT molecular complexity index is 381. The van der Waals surface area contributed by atoms with E-state index in [0.29, 0.717) is 18.0 Å². The second-order valence-electron chi connectivity index (χ2n) is 5.29. The molecule has 0 saturated heterocycles. The molecule has 2 rings (SSSR count). The minimum Gasteiger partial charge on any atom is -0.333 e. The molecular weight excluding hydrogens is 210 g/mol. The van der Waals surface area contributed by atoms with E-state index in [2.05, 4.69) is 25.7 Å². The quantitative estimate of drug-likeness (QED) is 0.778. The average molecular weight is 231 g/mol. The van der Waals surface area contributed by atoms with Gasteiger partial charge in [-0.05, 0) is 37.8 Å². The molecule has 1 saturated carbocycles. The number of nitrogens with zero attached hydrogens (tertiary/aromatic N) is 1. The predicted molar refractivity (Wildman–Crippen MR) is 69.9 cm³/mol. The van der Waals surface area contributed by atoms with Crippen LogP contribution < -0.4 is 0 Å². The van der Waals surface area contributed by atoms with E-state index >= 15 is 0 Å². The Morgan fingerprint density at radius 2 is 1.76 bits per heavy atom. The summed E-state index contributed by atoms with van der Waals surface area (Å²) in [6.45, 7) is 6.51. The van der Waals surface area contributed by atoms with Crippen molar-refractivity contribution in [3.05, 3.63) is 35.9 Å². The Morgan fingerprint density at radius 1 is 1.18 bits per heavy atom. The standard InChI is InChI=1S/C15H21NO/c1-11(2)12(3)16(14-9-10-14)15(17)13-7-5-4-6-8-13/h4-8,11-12,14H,9-10H2,1-3H3. The van der Waals surface area contributed by atoms with Crippen molar-refractivity contribution in [2.45, 2.75) is 45.7 Å². The summed E-state index contributed by atoms with van der Waals surface area (Å²) in [6.07, 6.45) is 2.32. The zero-order chi connectivity index (χ0) is 12.4. The number of benzene rings is 1. The largest absolute Gasteiger partial charge is 0.333 e. The van der Waals surface area contributed by atoms with Crippen LogP contribution in [0.15, 0.2) is 30.3 Å². The third-order valence-electron chi connectivity index (χ3n) is 3.60. The molecule has 0 aliphatic heterocycles. The number of carbonyl (C=O) groups is 1. The fraction of sp³-hybridized carbons (Fsp3) is 0.533. The van der Waals surface area contributed by atoms with Crippen molar-refractivity contribution in [1.29, 1.82) is 0 Å². The highest BCUT2D eigenvalue weighted by atomic mass is 16.2. The summed E-state index contributed by atoms with van der Waals surface area (Å²) < 4.78 is 0. The highest BCUT2D eigenvalue weighted by Gasteiger charge is 2.36. The first-order valence-electron chi connectivity index (χ1n) is 6.49. The molecule has 2 heteroatoms. The molecule has 0 heterocycles. The Balaban J connectivity index is 2.19. The molecule has 1 aliphatic carbocycles. The molecule has 1 atom stereocenters. The van der Waals surface area contributed by atoms with Gasteiger partial charge in [0.2, 0.25) is 0 Å². The zero-order valence-corrected chi connectivity index (χ0v) is 10.9. The lowest BCUT2D eigenvalue weighted by Gasteiger charge is -2.32. The summed E-state index contributed by atoms with van der Waals surface area (Å²) in [4.78, 5) is 14.6. The monoisotopic (exact) mass is 231 g/mol. The summed E-state index contributed by atoms with van der Waals surface area (Å²) >= 11 is 0. The van der Waals surface area contributed by atoms with E-state index in [1.165, 1.54) is 0 Å². The van der Waals surface area contributed by atoms with E-state index in [1.54, 1.807) is 0 Å². The van der Waals surface area contributed by atoms with Crippen LogP contribution in [0.4, 0.5) is 0 Å². The maximum atomic E-state index is 12.5. The van der Waals surface area contributed by atoms with Crippen LogP contribution in [-0.2, 0) is 0 Å². The van der Waals surface area contributed by atoms with Crippen molar-refractivity contribution in [1.82, 2.24) is 4.90 Å². The van der Waals surface area contributed by atoms with Crippen LogP contribution >= 0.6 is 0 Å². The molecule has 2 nitrogen and oxygen atoms in total. The molecule has 1 aromatic carbocycles. The third-order valence-corrected chi connectivity index (χ3v) is 3.60. The predicted octanol–water partition coefficient (Wildman–Crippen LogP) is 3.34. The van der Waals surface area contributed by atoms with Crippen LogP contribution in [0.1, 0.15) is 44.0 Å². The van der Waals surface area contributed by atoms with Crippen molar-refractivity contribution >= 4 is 5.91 Å². The van der Waals surface area contributed by atoms with Gasteiger partial charge in [0.15, 0.2) is 0 Å². The van der Waals surface area contributed by atoms with Crippen LogP contribution in [0.3, 0.4) is 0 Å². The lowest BCUT2D eigenvalue weighted by molar-refractivity contribution is 0.0628. The van der Waals surface area contributed by atoms with Crippen molar-refractivity contribution in [3.8, 4) is 0 Å². The SMILES string of the molecule is CC(C)C(C)N(C(=O)c1ccccc1)C1CC1. The second-order valence-corrected chi connectivity index (χ2v) is 5.29. The second kappa shape index (κ2) is 4.91. The Morgan fingerprint density at radius 3 is 2.24 bits per heavy atom. The lowest BCUT2D eigenvalue weighted by Crippen LogP contribution is -2.43. The lowest BCUT2D eigenvalue weighted by atomic mass is 10.0. The van der Waals surface area contributed by atoms with Crippen molar-refractivity contribution in [2.24, 2.45) is 5.92 Å². The maximum absolute atomic E-state index is 12.5. The van der Waals surface area contributed by atoms with Crippen LogP contribution in [0.2, 0.25) is 0 Å². The van der Waals surface area contributed by atoms with Gasteiger partial charge in [-0.3, -0.25) is 4.79 Å². The minimum absolute atomic E-state index is 0.189. The fourth-order valence-corrected chi connectivity index (χ4v) is 2.09. The Kier molecular flexibility index (Phi) is 3.51. The summed E-state index contributed by atoms with van der Waals surface area (Å²) in [7, 11) is 0. The van der Waals surface area contributed by atoms with Crippen LogP contribution in [-0.4, -0.2) is 22.9 Å². The first kappa shape index (κ1) is 12.2. The summed E-state index contributed by atoms with van der Waals surface area (Å²) in [5.74, 6) is 0.692. The highest BCUT2D eigenvalue weighted by Crippen LogP contribution is 2.31. The molecule has 1 fully saturated rings. The van der Waals surface area contributed by atoms with Crippen LogP contribution in [0.25, 0.3) is 0 Å². The van der Waals surface area contributed by atoms with Crippen molar-refractivity contribution < 1.29 is 4.79 Å².